The summed E-state index contributed by atoms with van der Waals surface area (Å²) in [5.74, 6) is -1.42. The number of hydrogen-bond donors (Lipinski definition) is 0. The predicted molar refractivity (Wildman–Crippen MR) is 96.9 cm³/mol. The largest absolute Gasteiger partial charge is 0.465 e. The molecule has 2 rings (SSSR count). The SMILES string of the molecule is CCCCCOC(=O)C1CC=CCC1C(=O)OCCc1ccccc1. The molecule has 0 aliphatic heterocycles. The van der Waals surface area contributed by atoms with E-state index in [0.29, 0.717) is 32.5 Å². The summed E-state index contributed by atoms with van der Waals surface area (Å²) in [6.45, 7) is 2.87. The van der Waals surface area contributed by atoms with Crippen LogP contribution in [0.15, 0.2) is 42.5 Å². The van der Waals surface area contributed by atoms with E-state index >= 15 is 0 Å². The number of unbranched alkanes of at least 4 members (excludes halogenated alkanes) is 2. The predicted octanol–water partition coefficient (Wildman–Crippen LogP) is 4.09. The van der Waals surface area contributed by atoms with Gasteiger partial charge in [-0.2, -0.15) is 0 Å². The minimum absolute atomic E-state index is 0.273. The summed E-state index contributed by atoms with van der Waals surface area (Å²) in [5.41, 5.74) is 1.13. The van der Waals surface area contributed by atoms with Crippen molar-refractivity contribution in [1.29, 1.82) is 0 Å². The van der Waals surface area contributed by atoms with Crippen LogP contribution in [0.4, 0.5) is 0 Å². The summed E-state index contributed by atoms with van der Waals surface area (Å²) >= 11 is 0. The molecule has 0 saturated heterocycles. The van der Waals surface area contributed by atoms with Crippen LogP contribution in [0.3, 0.4) is 0 Å². The Labute approximate surface area is 150 Å². The van der Waals surface area contributed by atoms with Gasteiger partial charge >= 0.3 is 11.9 Å². The minimum atomic E-state index is -0.431. The van der Waals surface area contributed by atoms with E-state index < -0.39 is 11.8 Å². The smallest absolute Gasteiger partial charge is 0.310 e. The first-order chi connectivity index (χ1) is 12.2. The average molecular weight is 344 g/mol. The summed E-state index contributed by atoms with van der Waals surface area (Å²) in [4.78, 5) is 24.7. The number of carbonyl (C=O) groups is 2. The highest BCUT2D eigenvalue weighted by atomic mass is 16.5. The summed E-state index contributed by atoms with van der Waals surface area (Å²) in [7, 11) is 0. The van der Waals surface area contributed by atoms with E-state index in [0.717, 1.165) is 24.8 Å². The van der Waals surface area contributed by atoms with Gasteiger partial charge in [0.1, 0.15) is 0 Å². The van der Waals surface area contributed by atoms with Crippen LogP contribution in [0.2, 0.25) is 0 Å². The van der Waals surface area contributed by atoms with E-state index in [1.54, 1.807) is 0 Å². The van der Waals surface area contributed by atoms with Gasteiger partial charge in [-0.3, -0.25) is 9.59 Å². The second-order valence-electron chi connectivity index (χ2n) is 6.43. The molecule has 0 bridgehead atoms. The number of esters is 2. The van der Waals surface area contributed by atoms with E-state index in [-0.39, 0.29) is 11.9 Å². The molecule has 1 aromatic carbocycles. The van der Waals surface area contributed by atoms with Crippen LogP contribution >= 0.6 is 0 Å². The molecule has 0 heterocycles. The maximum Gasteiger partial charge on any atom is 0.310 e. The van der Waals surface area contributed by atoms with Crippen molar-refractivity contribution in [3.8, 4) is 0 Å². The standard InChI is InChI=1S/C21H28O4/c1-2-3-9-15-24-20(22)18-12-7-8-13-19(18)21(23)25-16-14-17-10-5-4-6-11-17/h4-8,10-11,18-19H,2-3,9,12-16H2,1H3. The lowest BCUT2D eigenvalue weighted by Crippen LogP contribution is -2.34. The van der Waals surface area contributed by atoms with Crippen LogP contribution in [-0.4, -0.2) is 25.2 Å². The van der Waals surface area contributed by atoms with E-state index in [4.69, 9.17) is 9.47 Å². The molecule has 1 aromatic rings. The third-order valence-corrected chi connectivity index (χ3v) is 4.51. The Hall–Kier alpha value is -2.10. The van der Waals surface area contributed by atoms with Gasteiger partial charge in [0.2, 0.25) is 0 Å². The molecule has 136 valence electrons. The molecular formula is C21H28O4. The maximum absolute atomic E-state index is 12.4. The molecule has 25 heavy (non-hydrogen) atoms. The van der Waals surface area contributed by atoms with Crippen molar-refractivity contribution in [3.63, 3.8) is 0 Å². The number of hydrogen-bond acceptors (Lipinski definition) is 4. The van der Waals surface area contributed by atoms with E-state index in [9.17, 15) is 9.59 Å². The van der Waals surface area contributed by atoms with E-state index in [2.05, 4.69) is 6.92 Å². The lowest BCUT2D eigenvalue weighted by Gasteiger charge is -2.25. The van der Waals surface area contributed by atoms with Crippen molar-refractivity contribution in [2.75, 3.05) is 13.2 Å². The first-order valence-corrected chi connectivity index (χ1v) is 9.24. The molecule has 0 fully saturated rings. The second-order valence-corrected chi connectivity index (χ2v) is 6.43. The maximum atomic E-state index is 12.4. The van der Waals surface area contributed by atoms with Gasteiger partial charge in [0.25, 0.3) is 0 Å². The molecule has 0 saturated carbocycles. The first-order valence-electron chi connectivity index (χ1n) is 9.24. The molecule has 0 amide bonds. The molecule has 0 N–H and O–H groups in total. The Balaban J connectivity index is 1.81. The molecule has 4 nitrogen and oxygen atoms in total. The normalized spacial score (nSPS) is 19.4. The zero-order valence-electron chi connectivity index (χ0n) is 15.0. The Morgan fingerprint density at radius 1 is 0.920 bits per heavy atom. The highest BCUT2D eigenvalue weighted by molar-refractivity contribution is 5.82. The summed E-state index contributed by atoms with van der Waals surface area (Å²) in [6.07, 6.45) is 8.67. The summed E-state index contributed by atoms with van der Waals surface area (Å²) in [6, 6.07) is 9.91. The van der Waals surface area contributed by atoms with Crippen LogP contribution < -0.4 is 0 Å². The number of carbonyl (C=O) groups excluding carboxylic acids is 2. The number of rotatable bonds is 9. The highest BCUT2D eigenvalue weighted by Crippen LogP contribution is 2.28. The Morgan fingerprint density at radius 3 is 2.12 bits per heavy atom. The molecule has 0 radical (unpaired) electrons. The van der Waals surface area contributed by atoms with Gasteiger partial charge in [-0.05, 0) is 24.8 Å². The highest BCUT2D eigenvalue weighted by Gasteiger charge is 2.36. The van der Waals surface area contributed by atoms with Crippen LogP contribution in [-0.2, 0) is 25.5 Å². The zero-order chi connectivity index (χ0) is 17.9. The monoisotopic (exact) mass is 344 g/mol. The lowest BCUT2D eigenvalue weighted by atomic mass is 9.83. The topological polar surface area (TPSA) is 52.6 Å². The van der Waals surface area contributed by atoms with E-state index in [1.165, 1.54) is 0 Å². The molecule has 2 atom stereocenters. The number of ether oxygens (including phenoxy) is 2. The zero-order valence-corrected chi connectivity index (χ0v) is 15.0. The van der Waals surface area contributed by atoms with Gasteiger partial charge in [-0.15, -0.1) is 0 Å². The van der Waals surface area contributed by atoms with E-state index in [1.807, 2.05) is 42.5 Å². The first kappa shape index (κ1) is 19.2. The molecule has 2 unspecified atom stereocenters. The molecule has 4 heteroatoms. The second kappa shape index (κ2) is 10.7. The third kappa shape index (κ3) is 6.37. The fourth-order valence-corrected chi connectivity index (χ4v) is 2.99. The average Bonchev–Trinajstić information content (AvgIpc) is 2.66. The van der Waals surface area contributed by atoms with Crippen LogP contribution in [0.1, 0.15) is 44.6 Å². The number of allylic oxidation sites excluding steroid dienone is 2. The van der Waals surface area contributed by atoms with Crippen molar-refractivity contribution in [2.24, 2.45) is 11.8 Å². The van der Waals surface area contributed by atoms with Gasteiger partial charge in [0.05, 0.1) is 25.0 Å². The molecular weight excluding hydrogens is 316 g/mol. The lowest BCUT2D eigenvalue weighted by molar-refractivity contribution is -0.161. The van der Waals surface area contributed by atoms with Gasteiger partial charge < -0.3 is 9.47 Å². The van der Waals surface area contributed by atoms with Crippen molar-refractivity contribution in [1.82, 2.24) is 0 Å². The van der Waals surface area contributed by atoms with Crippen LogP contribution in [0.25, 0.3) is 0 Å². The van der Waals surface area contributed by atoms with Gasteiger partial charge in [0, 0.05) is 6.42 Å². The molecule has 1 aliphatic carbocycles. The molecule has 0 aromatic heterocycles. The summed E-state index contributed by atoms with van der Waals surface area (Å²) < 4.78 is 10.8. The fourth-order valence-electron chi connectivity index (χ4n) is 2.99. The van der Waals surface area contributed by atoms with Crippen molar-refractivity contribution in [2.45, 2.75) is 45.4 Å². The number of benzene rings is 1. The Bertz CT molecular complexity index is 565. The molecule has 0 spiro atoms. The third-order valence-electron chi connectivity index (χ3n) is 4.51. The van der Waals surface area contributed by atoms with Gasteiger partial charge in [-0.25, -0.2) is 0 Å². The fraction of sp³-hybridized carbons (Fsp3) is 0.524. The van der Waals surface area contributed by atoms with Crippen molar-refractivity contribution in [3.05, 3.63) is 48.0 Å². The van der Waals surface area contributed by atoms with Crippen molar-refractivity contribution >= 4 is 11.9 Å². The van der Waals surface area contributed by atoms with Gasteiger partial charge in [0.15, 0.2) is 0 Å². The Kier molecular flexibility index (Phi) is 8.23. The quantitative estimate of drug-likeness (QED) is 0.385. The Morgan fingerprint density at radius 2 is 1.52 bits per heavy atom. The van der Waals surface area contributed by atoms with Crippen LogP contribution in [0.5, 0.6) is 0 Å². The van der Waals surface area contributed by atoms with Crippen molar-refractivity contribution < 1.29 is 19.1 Å². The van der Waals surface area contributed by atoms with Crippen LogP contribution in [0, 0.1) is 11.8 Å². The minimum Gasteiger partial charge on any atom is -0.465 e. The summed E-state index contributed by atoms with van der Waals surface area (Å²) in [5, 5.41) is 0. The van der Waals surface area contributed by atoms with Gasteiger partial charge in [-0.1, -0.05) is 62.2 Å². The molecule has 1 aliphatic rings.